The van der Waals surface area contributed by atoms with Crippen LogP contribution in [0.25, 0.3) is 5.69 Å². The molecule has 0 unspecified atom stereocenters. The lowest BCUT2D eigenvalue weighted by atomic mass is 10.1. The summed E-state index contributed by atoms with van der Waals surface area (Å²) < 4.78 is 7.27. The number of carbonyl (C=O) groups is 1. The molecule has 2 aromatic carbocycles. The van der Waals surface area contributed by atoms with Gasteiger partial charge in [0.2, 0.25) is 5.91 Å². The van der Waals surface area contributed by atoms with Crippen molar-refractivity contribution >= 4 is 23.5 Å². The second kappa shape index (κ2) is 6.76. The average molecular weight is 367 g/mol. The van der Waals surface area contributed by atoms with Gasteiger partial charge in [-0.25, -0.2) is 4.98 Å². The number of thioether (sulfide) groups is 1. The van der Waals surface area contributed by atoms with Crippen LogP contribution in [0.15, 0.2) is 54.9 Å². The van der Waals surface area contributed by atoms with Gasteiger partial charge in [-0.05, 0) is 29.8 Å². The molecule has 132 valence electrons. The minimum absolute atomic E-state index is 0.0882. The van der Waals surface area contributed by atoms with E-state index < -0.39 is 0 Å². The minimum atomic E-state index is -0.148. The van der Waals surface area contributed by atoms with Gasteiger partial charge in [-0.1, -0.05) is 18.2 Å². The molecule has 1 amide bonds. The zero-order chi connectivity index (χ0) is 18.1. The lowest BCUT2D eigenvalue weighted by molar-refractivity contribution is -0.113. The Hall–Kier alpha value is -2.93. The number of fused-ring (bicyclic) bond motifs is 1. The number of phenols is 1. The molecule has 4 rings (SSSR count). The number of methoxy groups -OCH3 is 1. The second-order valence-electron chi connectivity index (χ2n) is 5.88. The summed E-state index contributed by atoms with van der Waals surface area (Å²) in [6, 6.07) is 14.8. The normalized spacial score (nSPS) is 16.5. The lowest BCUT2D eigenvalue weighted by Gasteiger charge is -2.18. The molecule has 0 saturated carbocycles. The number of nitrogens with one attached hydrogen (secondary N) is 1. The lowest BCUT2D eigenvalue weighted by Crippen LogP contribution is -2.12. The fourth-order valence-corrected chi connectivity index (χ4v) is 4.13. The standard InChI is InChI=1S/C19H17N3O3S/c1-25-15-7-3-5-13(9-15)22-11-20-19-17(22)18(26-10-16(24)21-19)12-4-2-6-14(23)8-12/h2-9,11,18,23H,10H2,1H3,(H,21,24)/t18-/m1/s1. The first-order valence-electron chi connectivity index (χ1n) is 8.08. The van der Waals surface area contributed by atoms with Crippen molar-refractivity contribution in [3.8, 4) is 17.2 Å². The summed E-state index contributed by atoms with van der Waals surface area (Å²) in [7, 11) is 1.62. The summed E-state index contributed by atoms with van der Waals surface area (Å²) in [6.45, 7) is 0. The number of hydrogen-bond donors (Lipinski definition) is 2. The average Bonchev–Trinajstić information content (AvgIpc) is 2.97. The smallest absolute Gasteiger partial charge is 0.235 e. The molecular weight excluding hydrogens is 350 g/mol. The molecule has 0 aliphatic carbocycles. The van der Waals surface area contributed by atoms with E-state index in [1.807, 2.05) is 34.9 Å². The Labute approximate surface area is 154 Å². The molecule has 2 heterocycles. The van der Waals surface area contributed by atoms with E-state index in [9.17, 15) is 9.90 Å². The molecule has 1 atom stereocenters. The molecule has 0 bridgehead atoms. The van der Waals surface area contributed by atoms with Crippen molar-refractivity contribution in [2.24, 2.45) is 0 Å². The summed E-state index contributed by atoms with van der Waals surface area (Å²) in [5, 5.41) is 12.6. The van der Waals surface area contributed by atoms with Crippen molar-refractivity contribution in [2.75, 3.05) is 18.2 Å². The molecule has 0 radical (unpaired) electrons. The first-order valence-corrected chi connectivity index (χ1v) is 9.12. The number of hydrogen-bond acceptors (Lipinski definition) is 5. The van der Waals surface area contributed by atoms with E-state index in [0.717, 1.165) is 22.7 Å². The highest BCUT2D eigenvalue weighted by Crippen LogP contribution is 2.42. The van der Waals surface area contributed by atoms with Crippen molar-refractivity contribution in [1.82, 2.24) is 9.55 Å². The second-order valence-corrected chi connectivity index (χ2v) is 6.98. The first-order chi connectivity index (χ1) is 12.7. The number of aromatic hydroxyl groups is 1. The SMILES string of the molecule is COc1cccc(-n2cnc3c2[C@@H](c2cccc(O)c2)SCC(=O)N3)c1. The Bertz CT molecular complexity index is 970. The predicted molar refractivity (Wildman–Crippen MR) is 101 cm³/mol. The molecule has 0 fully saturated rings. The predicted octanol–water partition coefficient (Wildman–Crippen LogP) is 3.36. The van der Waals surface area contributed by atoms with Crippen LogP contribution in [0.4, 0.5) is 5.82 Å². The topological polar surface area (TPSA) is 76.4 Å². The Balaban J connectivity index is 1.88. The van der Waals surface area contributed by atoms with Gasteiger partial charge >= 0.3 is 0 Å². The number of aromatic nitrogens is 2. The number of imidazole rings is 1. The van der Waals surface area contributed by atoms with Gasteiger partial charge in [0.15, 0.2) is 5.82 Å². The zero-order valence-corrected chi connectivity index (χ0v) is 14.9. The van der Waals surface area contributed by atoms with Gasteiger partial charge in [0, 0.05) is 6.07 Å². The van der Waals surface area contributed by atoms with Gasteiger partial charge in [-0.2, -0.15) is 0 Å². The Morgan fingerprint density at radius 3 is 2.92 bits per heavy atom. The third-order valence-electron chi connectivity index (χ3n) is 4.20. The van der Waals surface area contributed by atoms with Crippen molar-refractivity contribution in [2.45, 2.75) is 5.25 Å². The van der Waals surface area contributed by atoms with E-state index in [1.165, 1.54) is 11.8 Å². The van der Waals surface area contributed by atoms with Gasteiger partial charge in [-0.15, -0.1) is 11.8 Å². The van der Waals surface area contributed by atoms with E-state index in [2.05, 4.69) is 10.3 Å². The summed E-state index contributed by atoms with van der Waals surface area (Å²) in [6.07, 6.45) is 1.70. The van der Waals surface area contributed by atoms with Crippen LogP contribution in [0.5, 0.6) is 11.5 Å². The van der Waals surface area contributed by atoms with Crippen LogP contribution >= 0.6 is 11.8 Å². The summed E-state index contributed by atoms with van der Waals surface area (Å²) in [5.74, 6) is 1.70. The van der Waals surface area contributed by atoms with E-state index in [0.29, 0.717) is 11.6 Å². The molecule has 1 aromatic heterocycles. The van der Waals surface area contributed by atoms with Gasteiger partial charge in [0.25, 0.3) is 0 Å². The maximum absolute atomic E-state index is 12.1. The van der Waals surface area contributed by atoms with Crippen LogP contribution in [-0.2, 0) is 4.79 Å². The summed E-state index contributed by atoms with van der Waals surface area (Å²) in [5.41, 5.74) is 2.66. The van der Waals surface area contributed by atoms with Gasteiger partial charge in [0.1, 0.15) is 17.8 Å². The molecule has 0 saturated heterocycles. The Morgan fingerprint density at radius 2 is 2.12 bits per heavy atom. The highest BCUT2D eigenvalue weighted by molar-refractivity contribution is 8.00. The van der Waals surface area contributed by atoms with E-state index in [1.54, 1.807) is 31.6 Å². The number of ether oxygens (including phenoxy) is 1. The van der Waals surface area contributed by atoms with Crippen LogP contribution in [0.2, 0.25) is 0 Å². The van der Waals surface area contributed by atoms with Crippen molar-refractivity contribution in [1.29, 1.82) is 0 Å². The third-order valence-corrected chi connectivity index (χ3v) is 5.45. The highest BCUT2D eigenvalue weighted by Gasteiger charge is 2.29. The molecule has 6 nitrogen and oxygen atoms in total. The zero-order valence-electron chi connectivity index (χ0n) is 14.0. The number of phenolic OH excluding ortho intramolecular Hbond substituents is 1. The van der Waals surface area contributed by atoms with Gasteiger partial charge < -0.3 is 15.2 Å². The van der Waals surface area contributed by atoms with E-state index >= 15 is 0 Å². The summed E-state index contributed by atoms with van der Waals surface area (Å²) >= 11 is 1.50. The molecule has 26 heavy (non-hydrogen) atoms. The molecule has 0 spiro atoms. The molecule has 1 aliphatic heterocycles. The maximum Gasteiger partial charge on any atom is 0.235 e. The number of carbonyl (C=O) groups excluding carboxylic acids is 1. The third kappa shape index (κ3) is 3.01. The maximum atomic E-state index is 12.1. The van der Waals surface area contributed by atoms with Crippen LogP contribution in [0.1, 0.15) is 16.5 Å². The number of anilines is 1. The number of rotatable bonds is 3. The molecule has 3 aromatic rings. The first kappa shape index (κ1) is 16.5. The molecule has 2 N–H and O–H groups in total. The van der Waals surface area contributed by atoms with Crippen LogP contribution in [0.3, 0.4) is 0 Å². The Kier molecular flexibility index (Phi) is 4.30. The van der Waals surface area contributed by atoms with Crippen LogP contribution in [0, 0.1) is 0 Å². The van der Waals surface area contributed by atoms with Crippen molar-refractivity contribution < 1.29 is 14.6 Å². The fourth-order valence-electron chi connectivity index (χ4n) is 3.02. The van der Waals surface area contributed by atoms with Crippen molar-refractivity contribution in [3.63, 3.8) is 0 Å². The molecule has 1 aliphatic rings. The Morgan fingerprint density at radius 1 is 1.27 bits per heavy atom. The fraction of sp³-hybridized carbons (Fsp3) is 0.158. The van der Waals surface area contributed by atoms with Gasteiger partial charge in [0.05, 0.1) is 29.5 Å². The summed E-state index contributed by atoms with van der Waals surface area (Å²) in [4.78, 5) is 16.5. The quantitative estimate of drug-likeness (QED) is 0.742. The monoisotopic (exact) mass is 367 g/mol. The van der Waals surface area contributed by atoms with E-state index in [-0.39, 0.29) is 16.9 Å². The number of nitrogens with zero attached hydrogens (tertiary/aromatic N) is 2. The minimum Gasteiger partial charge on any atom is -0.508 e. The highest BCUT2D eigenvalue weighted by atomic mass is 32.2. The van der Waals surface area contributed by atoms with Crippen LogP contribution < -0.4 is 10.1 Å². The number of benzene rings is 2. The van der Waals surface area contributed by atoms with Crippen molar-refractivity contribution in [3.05, 3.63) is 66.1 Å². The largest absolute Gasteiger partial charge is 0.508 e. The molecular formula is C19H17N3O3S. The number of amides is 1. The van der Waals surface area contributed by atoms with Crippen LogP contribution in [-0.4, -0.2) is 33.4 Å². The van der Waals surface area contributed by atoms with E-state index in [4.69, 9.17) is 4.74 Å². The van der Waals surface area contributed by atoms with Gasteiger partial charge in [-0.3, -0.25) is 9.36 Å². The molecule has 7 heteroatoms.